The van der Waals surface area contributed by atoms with E-state index < -0.39 is 6.10 Å². The third kappa shape index (κ3) is 5.67. The van der Waals surface area contributed by atoms with Crippen molar-refractivity contribution in [1.82, 2.24) is 10.2 Å². The van der Waals surface area contributed by atoms with Crippen LogP contribution in [0.4, 0.5) is 4.39 Å². The van der Waals surface area contributed by atoms with Gasteiger partial charge in [0.15, 0.2) is 6.10 Å². The van der Waals surface area contributed by atoms with E-state index in [9.17, 15) is 14.0 Å². The van der Waals surface area contributed by atoms with Gasteiger partial charge in [0.2, 0.25) is 5.91 Å². The average Bonchev–Trinajstić information content (AvgIpc) is 2.76. The van der Waals surface area contributed by atoms with Gasteiger partial charge in [-0.3, -0.25) is 9.59 Å². The number of carbonyl (C=O) groups is 2. The lowest BCUT2D eigenvalue weighted by Crippen LogP contribution is -2.41. The van der Waals surface area contributed by atoms with E-state index in [2.05, 4.69) is 5.32 Å². The minimum absolute atomic E-state index is 0.0820. The molecule has 1 N–H and O–H groups in total. The van der Waals surface area contributed by atoms with Gasteiger partial charge >= 0.3 is 0 Å². The fourth-order valence-corrected chi connectivity index (χ4v) is 4.06. The summed E-state index contributed by atoms with van der Waals surface area (Å²) in [5.74, 6) is 0.434. The second kappa shape index (κ2) is 10.6. The molecular weight excluding hydrogens is 407 g/mol. The van der Waals surface area contributed by atoms with Crippen molar-refractivity contribution in [1.29, 1.82) is 0 Å². The lowest BCUT2D eigenvalue weighted by Gasteiger charge is -2.38. The lowest BCUT2D eigenvalue weighted by atomic mass is 9.87. The van der Waals surface area contributed by atoms with E-state index >= 15 is 0 Å². The highest BCUT2D eigenvalue weighted by atomic mass is 19.1. The number of fused-ring (bicyclic) bond motifs is 1. The minimum atomic E-state index is -0.633. The summed E-state index contributed by atoms with van der Waals surface area (Å²) in [5.41, 5.74) is 2.94. The maximum atomic E-state index is 13.6. The van der Waals surface area contributed by atoms with Gasteiger partial charge in [-0.1, -0.05) is 39.0 Å². The molecule has 1 aliphatic heterocycles. The minimum Gasteiger partial charge on any atom is -0.481 e. The van der Waals surface area contributed by atoms with E-state index in [-0.39, 0.29) is 29.6 Å². The van der Waals surface area contributed by atoms with Crippen molar-refractivity contribution in [3.05, 3.63) is 65.0 Å². The molecule has 0 aliphatic carbocycles. The molecule has 0 saturated carbocycles. The van der Waals surface area contributed by atoms with Crippen molar-refractivity contribution in [3.8, 4) is 5.75 Å². The fraction of sp³-hybridized carbons (Fsp3) is 0.462. The molecule has 2 aromatic rings. The van der Waals surface area contributed by atoms with Gasteiger partial charge in [0, 0.05) is 19.5 Å². The predicted octanol–water partition coefficient (Wildman–Crippen LogP) is 4.64. The number of rotatable bonds is 8. The SMILES string of the molecule is CCCNC(=O)C(C)Oc1ccc2c(c1)C(c1ccc(F)cc1)N(C(=O)CC(C)C)CC2. The van der Waals surface area contributed by atoms with Crippen molar-refractivity contribution < 1.29 is 18.7 Å². The Morgan fingerprint density at radius 3 is 2.53 bits per heavy atom. The van der Waals surface area contributed by atoms with Crippen LogP contribution in [0.1, 0.15) is 63.3 Å². The molecule has 2 aromatic carbocycles. The molecule has 3 rings (SSSR count). The number of benzene rings is 2. The molecule has 32 heavy (non-hydrogen) atoms. The first-order chi connectivity index (χ1) is 15.3. The number of nitrogens with zero attached hydrogens (tertiary/aromatic N) is 1. The normalized spacial score (nSPS) is 16.4. The fourth-order valence-electron chi connectivity index (χ4n) is 4.06. The summed E-state index contributed by atoms with van der Waals surface area (Å²) >= 11 is 0. The van der Waals surface area contributed by atoms with Crippen LogP contribution in [0.3, 0.4) is 0 Å². The number of hydrogen-bond donors (Lipinski definition) is 1. The quantitative estimate of drug-likeness (QED) is 0.651. The topological polar surface area (TPSA) is 58.6 Å². The van der Waals surface area contributed by atoms with Crippen LogP contribution in [0.15, 0.2) is 42.5 Å². The van der Waals surface area contributed by atoms with Crippen LogP contribution in [-0.4, -0.2) is 35.9 Å². The molecule has 6 heteroatoms. The molecule has 0 bridgehead atoms. The Bertz CT molecular complexity index is 943. The standard InChI is InChI=1S/C26H33FN2O3/c1-5-13-28-26(31)18(4)32-22-11-8-19-12-14-29(24(30)15-17(2)3)25(23(19)16-22)20-6-9-21(27)10-7-20/h6-11,16-18,25H,5,12-15H2,1-4H3,(H,28,31). The molecule has 0 fully saturated rings. The van der Waals surface area contributed by atoms with Crippen molar-refractivity contribution in [2.45, 2.75) is 59.1 Å². The molecule has 2 unspecified atom stereocenters. The molecule has 1 aliphatic rings. The Labute approximate surface area is 190 Å². The molecule has 172 valence electrons. The maximum Gasteiger partial charge on any atom is 0.260 e. The molecule has 0 aromatic heterocycles. The zero-order valence-corrected chi connectivity index (χ0v) is 19.4. The van der Waals surface area contributed by atoms with E-state index in [0.29, 0.717) is 25.3 Å². The molecule has 0 saturated heterocycles. The Balaban J connectivity index is 1.94. The highest BCUT2D eigenvalue weighted by Crippen LogP contribution is 2.38. The van der Waals surface area contributed by atoms with Crippen LogP contribution in [0.2, 0.25) is 0 Å². The molecule has 5 nitrogen and oxygen atoms in total. The largest absolute Gasteiger partial charge is 0.481 e. The van der Waals surface area contributed by atoms with Crippen LogP contribution >= 0.6 is 0 Å². The lowest BCUT2D eigenvalue weighted by molar-refractivity contribution is -0.134. The van der Waals surface area contributed by atoms with Crippen LogP contribution in [0, 0.1) is 11.7 Å². The summed E-state index contributed by atoms with van der Waals surface area (Å²) < 4.78 is 19.5. The van der Waals surface area contributed by atoms with E-state index in [1.807, 2.05) is 43.9 Å². The summed E-state index contributed by atoms with van der Waals surface area (Å²) in [4.78, 5) is 27.2. The van der Waals surface area contributed by atoms with E-state index in [1.54, 1.807) is 19.1 Å². The molecule has 0 radical (unpaired) electrons. The zero-order valence-electron chi connectivity index (χ0n) is 19.4. The first-order valence-electron chi connectivity index (χ1n) is 11.4. The third-order valence-corrected chi connectivity index (χ3v) is 5.67. The monoisotopic (exact) mass is 440 g/mol. The van der Waals surface area contributed by atoms with Crippen LogP contribution < -0.4 is 10.1 Å². The summed E-state index contributed by atoms with van der Waals surface area (Å²) in [6, 6.07) is 11.8. The molecular formula is C26H33FN2O3. The van der Waals surface area contributed by atoms with Crippen molar-refractivity contribution in [2.75, 3.05) is 13.1 Å². The van der Waals surface area contributed by atoms with Gasteiger partial charge in [0.05, 0.1) is 6.04 Å². The van der Waals surface area contributed by atoms with Crippen LogP contribution in [0.25, 0.3) is 0 Å². The van der Waals surface area contributed by atoms with Gasteiger partial charge in [-0.05, 0) is 66.6 Å². The number of nitrogens with one attached hydrogen (secondary N) is 1. The molecule has 2 amide bonds. The Morgan fingerprint density at radius 2 is 1.88 bits per heavy atom. The highest BCUT2D eigenvalue weighted by Gasteiger charge is 2.32. The van der Waals surface area contributed by atoms with E-state index in [4.69, 9.17) is 4.74 Å². The highest BCUT2D eigenvalue weighted by molar-refractivity contribution is 5.80. The maximum absolute atomic E-state index is 13.6. The van der Waals surface area contributed by atoms with Crippen molar-refractivity contribution in [2.24, 2.45) is 5.92 Å². The summed E-state index contributed by atoms with van der Waals surface area (Å²) in [5, 5.41) is 2.84. The molecule has 0 spiro atoms. The third-order valence-electron chi connectivity index (χ3n) is 5.67. The van der Waals surface area contributed by atoms with Gasteiger partial charge in [-0.15, -0.1) is 0 Å². The summed E-state index contributed by atoms with van der Waals surface area (Å²) in [6.07, 6.45) is 1.42. The van der Waals surface area contributed by atoms with Crippen molar-refractivity contribution >= 4 is 11.8 Å². The number of halogens is 1. The number of ether oxygens (including phenoxy) is 1. The Hall–Kier alpha value is -2.89. The van der Waals surface area contributed by atoms with E-state index in [0.717, 1.165) is 29.5 Å². The Morgan fingerprint density at radius 1 is 1.16 bits per heavy atom. The predicted molar refractivity (Wildman–Crippen MR) is 123 cm³/mol. The van der Waals surface area contributed by atoms with Gasteiger partial charge in [0.1, 0.15) is 11.6 Å². The van der Waals surface area contributed by atoms with E-state index in [1.165, 1.54) is 12.1 Å². The summed E-state index contributed by atoms with van der Waals surface area (Å²) in [6.45, 7) is 8.99. The van der Waals surface area contributed by atoms with Gasteiger partial charge < -0.3 is 15.0 Å². The number of carbonyl (C=O) groups excluding carboxylic acids is 2. The smallest absolute Gasteiger partial charge is 0.260 e. The average molecular weight is 441 g/mol. The Kier molecular flexibility index (Phi) is 7.89. The second-order valence-electron chi connectivity index (χ2n) is 8.80. The zero-order chi connectivity index (χ0) is 23.3. The molecule has 1 heterocycles. The second-order valence-corrected chi connectivity index (χ2v) is 8.80. The van der Waals surface area contributed by atoms with Crippen LogP contribution in [-0.2, 0) is 16.0 Å². The number of amides is 2. The van der Waals surface area contributed by atoms with Gasteiger partial charge in [-0.2, -0.15) is 0 Å². The first-order valence-corrected chi connectivity index (χ1v) is 11.4. The number of hydrogen-bond acceptors (Lipinski definition) is 3. The van der Waals surface area contributed by atoms with Crippen molar-refractivity contribution in [3.63, 3.8) is 0 Å². The molecule has 2 atom stereocenters. The van der Waals surface area contributed by atoms with Gasteiger partial charge in [-0.25, -0.2) is 4.39 Å². The van der Waals surface area contributed by atoms with Gasteiger partial charge in [0.25, 0.3) is 5.91 Å². The van der Waals surface area contributed by atoms with Crippen LogP contribution in [0.5, 0.6) is 5.75 Å². The first kappa shape index (κ1) is 23.8. The summed E-state index contributed by atoms with van der Waals surface area (Å²) in [7, 11) is 0.